The molecule has 1 rings (SSSR count). The van der Waals surface area contributed by atoms with Gasteiger partial charge in [-0.25, -0.2) is 0 Å². The standard InChI is InChI=1S/C14H18BrNO/c1-5-8-16(10(2)3)14-7-6-12(15)9-13(14)11(4)17/h5-7,9-10H,1,8H2,2-4H3. The summed E-state index contributed by atoms with van der Waals surface area (Å²) in [6, 6.07) is 6.13. The van der Waals surface area contributed by atoms with Crippen molar-refractivity contribution in [3.05, 3.63) is 40.9 Å². The van der Waals surface area contributed by atoms with Gasteiger partial charge in [-0.3, -0.25) is 4.79 Å². The van der Waals surface area contributed by atoms with E-state index < -0.39 is 0 Å². The maximum absolute atomic E-state index is 11.7. The zero-order valence-electron chi connectivity index (χ0n) is 10.5. The molecule has 0 unspecified atom stereocenters. The third-order valence-corrected chi connectivity index (χ3v) is 3.09. The van der Waals surface area contributed by atoms with Crippen molar-refractivity contribution >= 4 is 27.4 Å². The first-order chi connectivity index (χ1) is 7.97. The summed E-state index contributed by atoms with van der Waals surface area (Å²) >= 11 is 3.40. The van der Waals surface area contributed by atoms with Crippen molar-refractivity contribution in [3.63, 3.8) is 0 Å². The molecule has 0 saturated heterocycles. The number of rotatable bonds is 5. The van der Waals surface area contributed by atoms with Crippen molar-refractivity contribution in [2.45, 2.75) is 26.8 Å². The Morgan fingerprint density at radius 3 is 2.65 bits per heavy atom. The number of carbonyl (C=O) groups excluding carboxylic acids is 1. The number of hydrogen-bond donors (Lipinski definition) is 0. The quantitative estimate of drug-likeness (QED) is 0.603. The Morgan fingerprint density at radius 1 is 1.53 bits per heavy atom. The highest BCUT2D eigenvalue weighted by Gasteiger charge is 2.15. The molecule has 0 aliphatic rings. The third-order valence-electron chi connectivity index (χ3n) is 2.60. The van der Waals surface area contributed by atoms with Crippen LogP contribution in [0.3, 0.4) is 0 Å². The lowest BCUT2D eigenvalue weighted by Gasteiger charge is -2.29. The third kappa shape index (κ3) is 3.43. The first kappa shape index (κ1) is 14.0. The minimum Gasteiger partial charge on any atom is -0.365 e. The highest BCUT2D eigenvalue weighted by atomic mass is 79.9. The van der Waals surface area contributed by atoms with Crippen LogP contribution in [0.25, 0.3) is 0 Å². The molecule has 0 radical (unpaired) electrons. The fourth-order valence-corrected chi connectivity index (χ4v) is 2.13. The Balaban J connectivity index is 3.26. The Morgan fingerprint density at radius 2 is 2.18 bits per heavy atom. The second-order valence-electron chi connectivity index (χ2n) is 4.25. The van der Waals surface area contributed by atoms with Crippen LogP contribution in [0.5, 0.6) is 0 Å². The summed E-state index contributed by atoms with van der Waals surface area (Å²) in [6.07, 6.45) is 1.85. The molecular weight excluding hydrogens is 278 g/mol. The Hall–Kier alpha value is -1.09. The number of Topliss-reactive ketones (excluding diaryl/α,β-unsaturated/α-hetero) is 1. The van der Waals surface area contributed by atoms with E-state index in [1.165, 1.54) is 0 Å². The molecule has 0 aliphatic heterocycles. The summed E-state index contributed by atoms with van der Waals surface area (Å²) in [5, 5.41) is 0. The minimum absolute atomic E-state index is 0.0796. The number of halogens is 1. The Kier molecular flexibility index (Phi) is 4.94. The maximum atomic E-state index is 11.7. The number of hydrogen-bond acceptors (Lipinski definition) is 2. The molecule has 0 saturated carbocycles. The lowest BCUT2D eigenvalue weighted by atomic mass is 10.1. The lowest BCUT2D eigenvalue weighted by Crippen LogP contribution is -2.32. The molecule has 0 fully saturated rings. The molecule has 0 spiro atoms. The highest BCUT2D eigenvalue weighted by molar-refractivity contribution is 9.10. The van der Waals surface area contributed by atoms with Crippen LogP contribution < -0.4 is 4.90 Å². The average Bonchev–Trinajstić information content (AvgIpc) is 2.26. The van der Waals surface area contributed by atoms with Gasteiger partial charge in [0, 0.05) is 28.3 Å². The van der Waals surface area contributed by atoms with Gasteiger partial charge in [0.2, 0.25) is 0 Å². The number of carbonyl (C=O) groups is 1. The van der Waals surface area contributed by atoms with E-state index in [1.807, 2.05) is 24.3 Å². The van der Waals surface area contributed by atoms with Crippen LogP contribution in [-0.2, 0) is 0 Å². The van der Waals surface area contributed by atoms with Crippen LogP contribution >= 0.6 is 15.9 Å². The molecule has 92 valence electrons. The predicted octanol–water partition coefficient (Wildman–Crippen LogP) is 4.05. The van der Waals surface area contributed by atoms with E-state index >= 15 is 0 Å². The second kappa shape index (κ2) is 6.01. The SMILES string of the molecule is C=CCN(c1ccc(Br)cc1C(C)=O)C(C)C. The Bertz CT molecular complexity index is 426. The summed E-state index contributed by atoms with van der Waals surface area (Å²) in [4.78, 5) is 13.8. The van der Waals surface area contributed by atoms with Gasteiger partial charge in [0.1, 0.15) is 0 Å². The highest BCUT2D eigenvalue weighted by Crippen LogP contribution is 2.26. The van der Waals surface area contributed by atoms with Gasteiger partial charge in [-0.05, 0) is 39.0 Å². The summed E-state index contributed by atoms with van der Waals surface area (Å²) in [7, 11) is 0. The summed E-state index contributed by atoms with van der Waals surface area (Å²) < 4.78 is 0.925. The molecule has 0 amide bonds. The van der Waals surface area contributed by atoms with Gasteiger partial charge in [0.15, 0.2) is 5.78 Å². The largest absolute Gasteiger partial charge is 0.365 e. The molecule has 3 heteroatoms. The average molecular weight is 296 g/mol. The topological polar surface area (TPSA) is 20.3 Å². The fourth-order valence-electron chi connectivity index (χ4n) is 1.77. The molecule has 1 aromatic carbocycles. The smallest absolute Gasteiger partial charge is 0.161 e. The van der Waals surface area contributed by atoms with Crippen LogP contribution in [0, 0.1) is 0 Å². The molecule has 17 heavy (non-hydrogen) atoms. The molecule has 0 aliphatic carbocycles. The predicted molar refractivity (Wildman–Crippen MR) is 76.8 cm³/mol. The normalized spacial score (nSPS) is 10.4. The van der Waals surface area contributed by atoms with Crippen molar-refractivity contribution in [1.82, 2.24) is 0 Å². The number of ketones is 1. The Labute approximate surface area is 111 Å². The van der Waals surface area contributed by atoms with Gasteiger partial charge in [-0.1, -0.05) is 22.0 Å². The molecule has 0 atom stereocenters. The molecule has 0 heterocycles. The van der Waals surface area contributed by atoms with E-state index in [2.05, 4.69) is 41.3 Å². The molecule has 0 aromatic heterocycles. The van der Waals surface area contributed by atoms with Gasteiger partial charge in [0.25, 0.3) is 0 Å². The summed E-state index contributed by atoms with van der Waals surface area (Å²) in [6.45, 7) is 10.3. The first-order valence-electron chi connectivity index (χ1n) is 5.65. The zero-order chi connectivity index (χ0) is 13.0. The molecule has 0 bridgehead atoms. The van der Waals surface area contributed by atoms with Gasteiger partial charge in [0.05, 0.1) is 0 Å². The lowest BCUT2D eigenvalue weighted by molar-refractivity contribution is 0.101. The maximum Gasteiger partial charge on any atom is 0.161 e. The van der Waals surface area contributed by atoms with Crippen molar-refractivity contribution < 1.29 is 4.79 Å². The second-order valence-corrected chi connectivity index (χ2v) is 5.17. The van der Waals surface area contributed by atoms with E-state index in [-0.39, 0.29) is 5.78 Å². The van der Waals surface area contributed by atoms with Crippen LogP contribution in [0.1, 0.15) is 31.1 Å². The molecule has 2 nitrogen and oxygen atoms in total. The van der Waals surface area contributed by atoms with Crippen molar-refractivity contribution in [2.75, 3.05) is 11.4 Å². The van der Waals surface area contributed by atoms with E-state index in [0.717, 1.165) is 22.3 Å². The van der Waals surface area contributed by atoms with Gasteiger partial charge < -0.3 is 4.90 Å². The minimum atomic E-state index is 0.0796. The van der Waals surface area contributed by atoms with E-state index in [1.54, 1.807) is 6.92 Å². The molecule has 1 aromatic rings. The van der Waals surface area contributed by atoms with Crippen LogP contribution in [0.4, 0.5) is 5.69 Å². The van der Waals surface area contributed by atoms with Gasteiger partial charge in [-0.2, -0.15) is 0 Å². The molecule has 0 N–H and O–H groups in total. The van der Waals surface area contributed by atoms with Crippen LogP contribution in [-0.4, -0.2) is 18.4 Å². The number of anilines is 1. The van der Waals surface area contributed by atoms with E-state index in [0.29, 0.717) is 6.04 Å². The molecular formula is C14H18BrNO. The monoisotopic (exact) mass is 295 g/mol. The van der Waals surface area contributed by atoms with E-state index in [4.69, 9.17) is 0 Å². The summed E-state index contributed by atoms with van der Waals surface area (Å²) in [5.41, 5.74) is 1.71. The van der Waals surface area contributed by atoms with Gasteiger partial charge in [-0.15, -0.1) is 6.58 Å². The van der Waals surface area contributed by atoms with E-state index in [9.17, 15) is 4.79 Å². The number of benzene rings is 1. The van der Waals surface area contributed by atoms with Crippen molar-refractivity contribution in [1.29, 1.82) is 0 Å². The van der Waals surface area contributed by atoms with Gasteiger partial charge >= 0.3 is 0 Å². The van der Waals surface area contributed by atoms with Crippen molar-refractivity contribution in [3.8, 4) is 0 Å². The fraction of sp³-hybridized carbons (Fsp3) is 0.357. The first-order valence-corrected chi connectivity index (χ1v) is 6.44. The van der Waals surface area contributed by atoms with Crippen LogP contribution in [0.2, 0.25) is 0 Å². The zero-order valence-corrected chi connectivity index (χ0v) is 12.1. The summed E-state index contributed by atoms with van der Waals surface area (Å²) in [5.74, 6) is 0.0796. The van der Waals surface area contributed by atoms with Crippen LogP contribution in [0.15, 0.2) is 35.3 Å². The number of nitrogens with zero attached hydrogens (tertiary/aromatic N) is 1. The van der Waals surface area contributed by atoms with Crippen molar-refractivity contribution in [2.24, 2.45) is 0 Å².